The summed E-state index contributed by atoms with van der Waals surface area (Å²) in [6, 6.07) is 5.23. The summed E-state index contributed by atoms with van der Waals surface area (Å²) >= 11 is 1.57. The van der Waals surface area contributed by atoms with Gasteiger partial charge < -0.3 is 5.32 Å². The van der Waals surface area contributed by atoms with E-state index in [4.69, 9.17) is 0 Å². The van der Waals surface area contributed by atoms with E-state index >= 15 is 0 Å². The molecule has 0 radical (unpaired) electrons. The number of aryl methyl sites for hydroxylation is 1. The fourth-order valence-corrected chi connectivity index (χ4v) is 3.01. The molecule has 2 rings (SSSR count). The van der Waals surface area contributed by atoms with Crippen LogP contribution < -0.4 is 5.32 Å². The summed E-state index contributed by atoms with van der Waals surface area (Å²) in [5, 5.41) is 3.33. The zero-order chi connectivity index (χ0) is 14.0. The third-order valence-electron chi connectivity index (χ3n) is 2.89. The summed E-state index contributed by atoms with van der Waals surface area (Å²) in [5.41, 5.74) is 3.64. The van der Waals surface area contributed by atoms with Crippen LogP contribution in [0.25, 0.3) is 0 Å². The summed E-state index contributed by atoms with van der Waals surface area (Å²) < 4.78 is 23.2. The molecule has 1 heterocycles. The van der Waals surface area contributed by atoms with Crippen molar-refractivity contribution >= 4 is 26.9 Å². The van der Waals surface area contributed by atoms with Gasteiger partial charge in [0.05, 0.1) is 16.4 Å². The van der Waals surface area contributed by atoms with E-state index in [1.807, 2.05) is 26.1 Å². The Bertz CT molecular complexity index is 664. The Labute approximate surface area is 117 Å². The second kappa shape index (κ2) is 5.30. The highest BCUT2D eigenvalue weighted by atomic mass is 32.2. The smallest absolute Gasteiger partial charge is 0.175 e. The Balaban J connectivity index is 2.30. The lowest BCUT2D eigenvalue weighted by atomic mass is 10.2. The van der Waals surface area contributed by atoms with E-state index in [1.165, 1.54) is 6.26 Å². The van der Waals surface area contributed by atoms with Gasteiger partial charge in [-0.25, -0.2) is 8.42 Å². The predicted octanol–water partition coefficient (Wildman–Crippen LogP) is 3.03. The fraction of sp³-hybridized carbons (Fsp3) is 0.308. The fourth-order valence-electron chi connectivity index (χ4n) is 1.73. The van der Waals surface area contributed by atoms with Gasteiger partial charge in [-0.05, 0) is 31.5 Å². The van der Waals surface area contributed by atoms with Gasteiger partial charge in [0, 0.05) is 23.0 Å². The van der Waals surface area contributed by atoms with Gasteiger partial charge in [0.15, 0.2) is 9.84 Å². The Hall–Kier alpha value is -1.40. The van der Waals surface area contributed by atoms with Crippen molar-refractivity contribution in [3.05, 3.63) is 40.3 Å². The molecule has 6 heteroatoms. The van der Waals surface area contributed by atoms with Crippen molar-refractivity contribution in [2.24, 2.45) is 0 Å². The maximum atomic E-state index is 11.6. The van der Waals surface area contributed by atoms with Crippen LogP contribution in [0.5, 0.6) is 0 Å². The SMILES string of the molecule is Cc1ccc(S(C)(=O)=O)cc1NC(C)c1cncs1. The molecule has 0 amide bonds. The molecule has 0 saturated carbocycles. The van der Waals surface area contributed by atoms with Crippen LogP contribution in [-0.2, 0) is 9.84 Å². The van der Waals surface area contributed by atoms with Gasteiger partial charge in [0.1, 0.15) is 0 Å². The molecule has 2 aromatic rings. The van der Waals surface area contributed by atoms with E-state index in [2.05, 4.69) is 10.3 Å². The first-order valence-corrected chi connectivity index (χ1v) is 8.60. The highest BCUT2D eigenvalue weighted by molar-refractivity contribution is 7.90. The van der Waals surface area contributed by atoms with Crippen LogP contribution in [0.3, 0.4) is 0 Å². The van der Waals surface area contributed by atoms with Crippen LogP contribution in [-0.4, -0.2) is 19.7 Å². The number of nitrogens with one attached hydrogen (secondary N) is 1. The van der Waals surface area contributed by atoms with Crippen LogP contribution in [0.1, 0.15) is 23.4 Å². The molecule has 0 fully saturated rings. The molecule has 4 nitrogen and oxygen atoms in total. The first-order valence-electron chi connectivity index (χ1n) is 5.83. The number of aromatic nitrogens is 1. The quantitative estimate of drug-likeness (QED) is 0.942. The monoisotopic (exact) mass is 296 g/mol. The molecule has 0 spiro atoms. The van der Waals surface area contributed by atoms with E-state index in [0.29, 0.717) is 4.90 Å². The predicted molar refractivity (Wildman–Crippen MR) is 78.4 cm³/mol. The number of anilines is 1. The van der Waals surface area contributed by atoms with Crippen molar-refractivity contribution in [3.8, 4) is 0 Å². The Kier molecular flexibility index (Phi) is 3.91. The molecular formula is C13H16N2O2S2. The zero-order valence-corrected chi connectivity index (χ0v) is 12.7. The summed E-state index contributed by atoms with van der Waals surface area (Å²) in [4.78, 5) is 5.49. The van der Waals surface area contributed by atoms with Crippen molar-refractivity contribution in [3.63, 3.8) is 0 Å². The van der Waals surface area contributed by atoms with Gasteiger partial charge in [-0.1, -0.05) is 6.07 Å². The second-order valence-corrected chi connectivity index (χ2v) is 7.45. The molecule has 102 valence electrons. The standard InChI is InChI=1S/C13H16N2O2S2/c1-9-4-5-11(19(3,16)17)6-12(9)15-10(2)13-7-14-8-18-13/h4-8,10,15H,1-3H3. The van der Waals surface area contributed by atoms with Gasteiger partial charge >= 0.3 is 0 Å². The van der Waals surface area contributed by atoms with Crippen LogP contribution >= 0.6 is 11.3 Å². The van der Waals surface area contributed by atoms with Crippen LogP contribution in [0.15, 0.2) is 34.8 Å². The number of rotatable bonds is 4. The molecule has 1 N–H and O–H groups in total. The molecule has 0 aliphatic rings. The summed E-state index contributed by atoms with van der Waals surface area (Å²) in [6.07, 6.45) is 3.03. The average molecular weight is 296 g/mol. The highest BCUT2D eigenvalue weighted by Gasteiger charge is 2.12. The van der Waals surface area contributed by atoms with Gasteiger partial charge in [-0.3, -0.25) is 4.98 Å². The van der Waals surface area contributed by atoms with Crippen LogP contribution in [0.2, 0.25) is 0 Å². The topological polar surface area (TPSA) is 59.1 Å². The molecule has 0 aliphatic heterocycles. The van der Waals surface area contributed by atoms with E-state index in [1.54, 1.807) is 29.0 Å². The molecule has 0 aliphatic carbocycles. The zero-order valence-electron chi connectivity index (χ0n) is 11.0. The molecule has 0 bridgehead atoms. The van der Waals surface area contributed by atoms with E-state index < -0.39 is 9.84 Å². The lowest BCUT2D eigenvalue weighted by Gasteiger charge is -2.16. The minimum absolute atomic E-state index is 0.0982. The lowest BCUT2D eigenvalue weighted by molar-refractivity contribution is 0.602. The van der Waals surface area contributed by atoms with Crippen molar-refractivity contribution < 1.29 is 8.42 Å². The molecular weight excluding hydrogens is 280 g/mol. The third-order valence-corrected chi connectivity index (χ3v) is 4.96. The van der Waals surface area contributed by atoms with E-state index in [-0.39, 0.29) is 6.04 Å². The minimum Gasteiger partial charge on any atom is -0.377 e. The second-order valence-electron chi connectivity index (χ2n) is 4.52. The summed E-state index contributed by atoms with van der Waals surface area (Å²) in [5.74, 6) is 0. The Morgan fingerprint density at radius 1 is 1.37 bits per heavy atom. The first-order chi connectivity index (χ1) is 8.88. The van der Waals surface area contributed by atoms with E-state index in [9.17, 15) is 8.42 Å². The normalized spacial score (nSPS) is 13.2. The van der Waals surface area contributed by atoms with Gasteiger partial charge in [0.25, 0.3) is 0 Å². The van der Waals surface area contributed by atoms with Crippen molar-refractivity contribution in [2.45, 2.75) is 24.8 Å². The van der Waals surface area contributed by atoms with Crippen LogP contribution in [0.4, 0.5) is 5.69 Å². The van der Waals surface area contributed by atoms with Gasteiger partial charge in [-0.2, -0.15) is 0 Å². The molecule has 19 heavy (non-hydrogen) atoms. The number of hydrogen-bond donors (Lipinski definition) is 1. The van der Waals surface area contributed by atoms with Gasteiger partial charge in [0.2, 0.25) is 0 Å². The van der Waals surface area contributed by atoms with Crippen molar-refractivity contribution in [1.29, 1.82) is 0 Å². The number of benzene rings is 1. The largest absolute Gasteiger partial charge is 0.377 e. The minimum atomic E-state index is -3.18. The summed E-state index contributed by atoms with van der Waals surface area (Å²) in [6.45, 7) is 3.98. The van der Waals surface area contributed by atoms with Crippen molar-refractivity contribution in [1.82, 2.24) is 4.98 Å². The number of sulfone groups is 1. The Morgan fingerprint density at radius 2 is 2.11 bits per heavy atom. The lowest BCUT2D eigenvalue weighted by Crippen LogP contribution is -2.07. The van der Waals surface area contributed by atoms with Crippen molar-refractivity contribution in [2.75, 3.05) is 11.6 Å². The van der Waals surface area contributed by atoms with Crippen LogP contribution in [0, 0.1) is 6.92 Å². The highest BCUT2D eigenvalue weighted by Crippen LogP contribution is 2.26. The molecule has 1 atom stereocenters. The third kappa shape index (κ3) is 3.33. The summed E-state index contributed by atoms with van der Waals surface area (Å²) in [7, 11) is -3.18. The number of nitrogens with zero attached hydrogens (tertiary/aromatic N) is 1. The maximum Gasteiger partial charge on any atom is 0.175 e. The average Bonchev–Trinajstić information content (AvgIpc) is 2.84. The van der Waals surface area contributed by atoms with Gasteiger partial charge in [-0.15, -0.1) is 11.3 Å². The molecule has 1 aromatic carbocycles. The molecule has 1 unspecified atom stereocenters. The number of thiazole rings is 1. The molecule has 0 saturated heterocycles. The first kappa shape index (κ1) is 14.0. The van der Waals surface area contributed by atoms with E-state index in [0.717, 1.165) is 16.1 Å². The maximum absolute atomic E-state index is 11.6. The Morgan fingerprint density at radius 3 is 2.68 bits per heavy atom. The number of hydrogen-bond acceptors (Lipinski definition) is 5. The molecule has 1 aromatic heterocycles.